The summed E-state index contributed by atoms with van der Waals surface area (Å²) in [6, 6.07) is 5.77. The van der Waals surface area contributed by atoms with Crippen LogP contribution in [0.5, 0.6) is 5.75 Å². The van der Waals surface area contributed by atoms with Crippen molar-refractivity contribution in [2.75, 3.05) is 7.11 Å². The zero-order valence-corrected chi connectivity index (χ0v) is 13.4. The van der Waals surface area contributed by atoms with Crippen LogP contribution in [-0.2, 0) is 18.7 Å². The van der Waals surface area contributed by atoms with Gasteiger partial charge in [0.1, 0.15) is 11.8 Å². The summed E-state index contributed by atoms with van der Waals surface area (Å²) in [4.78, 5) is 16.1. The highest BCUT2D eigenvalue weighted by Crippen LogP contribution is 2.54. The maximum absolute atomic E-state index is 11.9. The van der Waals surface area contributed by atoms with Crippen LogP contribution in [0.4, 0.5) is 0 Å². The van der Waals surface area contributed by atoms with Gasteiger partial charge in [-0.05, 0) is 35.0 Å². The van der Waals surface area contributed by atoms with Crippen LogP contribution in [0.2, 0.25) is 0 Å². The number of rotatable bonds is 6. The van der Waals surface area contributed by atoms with E-state index in [0.29, 0.717) is 4.47 Å². The molecule has 0 aromatic heterocycles. The van der Waals surface area contributed by atoms with Gasteiger partial charge in [-0.15, -0.1) is 0 Å². The number of carbonyl (C=O) groups is 1. The monoisotopic (exact) mass is 371 g/mol. The molecule has 19 heavy (non-hydrogen) atoms. The minimum Gasteiger partial charge on any atom is -0.404 e. The van der Waals surface area contributed by atoms with Gasteiger partial charge in [0.15, 0.2) is 0 Å². The summed E-state index contributed by atoms with van der Waals surface area (Å²) in [5.41, 5.74) is 2.32. The largest absolute Gasteiger partial charge is 0.532 e. The lowest BCUT2D eigenvalue weighted by molar-refractivity contribution is -0.139. The van der Waals surface area contributed by atoms with Crippen molar-refractivity contribution in [1.29, 1.82) is 0 Å². The minimum atomic E-state index is -4.08. The fraction of sp³-hybridized carbons (Fsp3) is 0.300. The summed E-state index contributed by atoms with van der Waals surface area (Å²) in [6.45, 7) is -2.62. The van der Waals surface area contributed by atoms with Crippen LogP contribution < -0.4 is 10.0 Å². The van der Waals surface area contributed by atoms with Crippen LogP contribution in [0, 0.1) is 0 Å². The van der Waals surface area contributed by atoms with Gasteiger partial charge in [0.25, 0.3) is 0 Å². The van der Waals surface area contributed by atoms with E-state index in [1.807, 2.05) is 0 Å². The van der Waals surface area contributed by atoms with Gasteiger partial charge >= 0.3 is 12.9 Å². The van der Waals surface area contributed by atoms with Crippen LogP contribution in [0.15, 0.2) is 28.7 Å². The van der Waals surface area contributed by atoms with Gasteiger partial charge in [0.2, 0.25) is 0 Å². The van der Waals surface area contributed by atoms with Crippen molar-refractivity contribution in [2.45, 2.75) is 13.0 Å². The van der Waals surface area contributed by atoms with Crippen molar-refractivity contribution in [3.05, 3.63) is 28.7 Å². The van der Waals surface area contributed by atoms with Crippen molar-refractivity contribution < 1.29 is 23.2 Å². The Labute approximate surface area is 123 Å². The number of nitrogens with one attached hydrogen (secondary N) is 1. The first-order valence-electron chi connectivity index (χ1n) is 5.11. The second-order valence-electron chi connectivity index (χ2n) is 3.41. The van der Waals surface area contributed by atoms with Gasteiger partial charge in [0.05, 0.1) is 11.6 Å². The zero-order valence-electron chi connectivity index (χ0n) is 10.1. The standard InChI is InChI=1S/C10H12BrClNO5P/c1-7(13-16-2)10(14)18-19(12,15)17-9-6-4-3-5-8(9)11/h3-7,13H,1-2H3/t7-,19?/m0/s1. The minimum absolute atomic E-state index is 0.209. The Morgan fingerprint density at radius 2 is 2.11 bits per heavy atom. The third-order valence-electron chi connectivity index (χ3n) is 1.89. The van der Waals surface area contributed by atoms with Crippen molar-refractivity contribution >= 4 is 40.1 Å². The second-order valence-corrected chi connectivity index (χ2v) is 6.73. The SMILES string of the molecule is CON[C@@H](C)C(=O)OP(=O)(Cl)Oc1ccccc1Br. The Hall–Kier alpha value is -0.590. The molecule has 0 saturated carbocycles. The molecule has 1 unspecified atom stereocenters. The summed E-state index contributed by atoms with van der Waals surface area (Å²) in [6.07, 6.45) is 0. The molecule has 106 valence electrons. The van der Waals surface area contributed by atoms with Crippen molar-refractivity contribution in [3.63, 3.8) is 0 Å². The molecule has 1 N–H and O–H groups in total. The zero-order chi connectivity index (χ0) is 14.5. The Bertz CT molecular complexity index is 501. The van der Waals surface area contributed by atoms with Crippen LogP contribution in [-0.4, -0.2) is 19.1 Å². The van der Waals surface area contributed by atoms with E-state index in [1.165, 1.54) is 20.1 Å². The molecule has 0 aliphatic carbocycles. The summed E-state index contributed by atoms with van der Waals surface area (Å²) in [7, 11) is 1.33. The number of halogens is 2. The Morgan fingerprint density at radius 3 is 2.68 bits per heavy atom. The third kappa shape index (κ3) is 5.50. The van der Waals surface area contributed by atoms with E-state index in [2.05, 4.69) is 30.8 Å². The molecule has 0 aliphatic rings. The molecule has 1 aromatic rings. The molecule has 6 nitrogen and oxygen atoms in total. The molecule has 0 aliphatic heterocycles. The molecule has 1 aromatic carbocycles. The molecular weight excluding hydrogens is 360 g/mol. The van der Waals surface area contributed by atoms with Gasteiger partial charge in [-0.25, -0.2) is 9.36 Å². The molecule has 0 spiro atoms. The molecule has 0 bridgehead atoms. The quantitative estimate of drug-likeness (QED) is 0.610. The lowest BCUT2D eigenvalue weighted by Gasteiger charge is -2.16. The molecule has 0 heterocycles. The Balaban J connectivity index is 2.69. The molecule has 0 saturated heterocycles. The molecule has 1 rings (SSSR count). The first-order chi connectivity index (χ1) is 8.85. The van der Waals surface area contributed by atoms with Crippen LogP contribution >= 0.6 is 34.1 Å². The molecule has 0 amide bonds. The predicted molar refractivity (Wildman–Crippen MR) is 73.9 cm³/mol. The number of para-hydroxylation sites is 1. The Morgan fingerprint density at radius 1 is 1.47 bits per heavy atom. The van der Waals surface area contributed by atoms with Crippen molar-refractivity contribution in [3.8, 4) is 5.75 Å². The average Bonchev–Trinajstić information content (AvgIpc) is 2.31. The van der Waals surface area contributed by atoms with E-state index >= 15 is 0 Å². The third-order valence-corrected chi connectivity index (χ3v) is 3.77. The maximum Gasteiger partial charge on any atom is 0.532 e. The number of carbonyl (C=O) groups excluding carboxylic acids is 1. The van der Waals surface area contributed by atoms with E-state index in [9.17, 15) is 9.36 Å². The molecule has 2 atom stereocenters. The molecule has 0 radical (unpaired) electrons. The van der Waals surface area contributed by atoms with Gasteiger partial charge in [-0.1, -0.05) is 12.1 Å². The predicted octanol–water partition coefficient (Wildman–Crippen LogP) is 3.26. The summed E-state index contributed by atoms with van der Waals surface area (Å²) < 4.78 is 22.0. The van der Waals surface area contributed by atoms with E-state index in [4.69, 9.17) is 15.8 Å². The number of hydroxylamine groups is 1. The second kappa shape index (κ2) is 7.26. The first-order valence-corrected chi connectivity index (χ1v) is 8.35. The summed E-state index contributed by atoms with van der Waals surface area (Å²) in [5, 5.41) is 0. The summed E-state index contributed by atoms with van der Waals surface area (Å²) >= 11 is 8.77. The van der Waals surface area contributed by atoms with E-state index in [1.54, 1.807) is 18.2 Å². The van der Waals surface area contributed by atoms with Crippen LogP contribution in [0.1, 0.15) is 6.92 Å². The lowest BCUT2D eigenvalue weighted by atomic mass is 10.3. The normalized spacial score (nSPS) is 15.4. The van der Waals surface area contributed by atoms with Crippen LogP contribution in [0.3, 0.4) is 0 Å². The fourth-order valence-corrected chi connectivity index (χ4v) is 2.79. The number of benzene rings is 1. The highest BCUT2D eigenvalue weighted by Gasteiger charge is 2.31. The van der Waals surface area contributed by atoms with Gasteiger partial charge in [-0.2, -0.15) is 5.48 Å². The van der Waals surface area contributed by atoms with E-state index in [-0.39, 0.29) is 5.75 Å². The van der Waals surface area contributed by atoms with E-state index in [0.717, 1.165) is 0 Å². The first kappa shape index (κ1) is 16.5. The average molecular weight is 373 g/mol. The van der Waals surface area contributed by atoms with E-state index < -0.39 is 19.0 Å². The number of hydrogen-bond donors (Lipinski definition) is 1. The highest BCUT2D eigenvalue weighted by molar-refractivity contribution is 9.10. The van der Waals surface area contributed by atoms with Gasteiger partial charge < -0.3 is 13.9 Å². The Kier molecular flexibility index (Phi) is 6.29. The van der Waals surface area contributed by atoms with Crippen molar-refractivity contribution in [2.24, 2.45) is 0 Å². The highest BCUT2D eigenvalue weighted by atomic mass is 79.9. The topological polar surface area (TPSA) is 73.9 Å². The molecule has 0 fully saturated rings. The molecular formula is C10H12BrClNO5P. The maximum atomic E-state index is 11.9. The fourth-order valence-electron chi connectivity index (χ4n) is 1.07. The van der Waals surface area contributed by atoms with Gasteiger partial charge in [-0.3, -0.25) is 0 Å². The lowest BCUT2D eigenvalue weighted by Crippen LogP contribution is -2.34. The van der Waals surface area contributed by atoms with Crippen molar-refractivity contribution in [1.82, 2.24) is 5.48 Å². The smallest absolute Gasteiger partial charge is 0.404 e. The van der Waals surface area contributed by atoms with Crippen LogP contribution in [0.25, 0.3) is 0 Å². The summed E-state index contributed by atoms with van der Waals surface area (Å²) in [5.74, 6) is -0.645. The number of hydrogen-bond acceptors (Lipinski definition) is 6. The molecule has 9 heteroatoms. The van der Waals surface area contributed by atoms with Gasteiger partial charge in [0, 0.05) is 11.2 Å².